The van der Waals surface area contributed by atoms with Gasteiger partial charge in [0.25, 0.3) is 0 Å². The van der Waals surface area contributed by atoms with Gasteiger partial charge in [-0.25, -0.2) is 0 Å². The maximum absolute atomic E-state index is 5.68. The Labute approximate surface area is 111 Å². The molecule has 0 bridgehead atoms. The van der Waals surface area contributed by atoms with Crippen molar-refractivity contribution in [2.45, 2.75) is 38.8 Å². The molecule has 2 N–H and O–H groups in total. The SMILES string of the molecule is CC(CN)N(C)Cc1ccc2c(c1)CCC2.Cl. The maximum atomic E-state index is 5.68. The van der Waals surface area contributed by atoms with E-state index in [0.29, 0.717) is 6.04 Å². The molecule has 0 saturated heterocycles. The lowest BCUT2D eigenvalue weighted by Gasteiger charge is -2.23. The number of nitrogens with zero attached hydrogens (tertiary/aromatic N) is 1. The lowest BCUT2D eigenvalue weighted by Crippen LogP contribution is -2.34. The van der Waals surface area contributed by atoms with Gasteiger partial charge in [-0.2, -0.15) is 0 Å². The van der Waals surface area contributed by atoms with Gasteiger partial charge in [-0.05, 0) is 49.9 Å². The Kier molecular flexibility index (Phi) is 5.44. The molecule has 0 aromatic heterocycles. The molecule has 1 aliphatic carbocycles. The van der Waals surface area contributed by atoms with E-state index in [-0.39, 0.29) is 12.4 Å². The van der Waals surface area contributed by atoms with Crippen LogP contribution in [0.2, 0.25) is 0 Å². The molecule has 0 radical (unpaired) electrons. The van der Waals surface area contributed by atoms with Crippen LogP contribution in [-0.4, -0.2) is 24.5 Å². The summed E-state index contributed by atoms with van der Waals surface area (Å²) in [6.07, 6.45) is 3.86. The number of halogens is 1. The number of aryl methyl sites for hydroxylation is 2. The van der Waals surface area contributed by atoms with Crippen LogP contribution in [0.25, 0.3) is 0 Å². The van der Waals surface area contributed by atoms with Crippen molar-refractivity contribution < 1.29 is 0 Å². The molecular formula is C14H23ClN2. The van der Waals surface area contributed by atoms with Crippen LogP contribution >= 0.6 is 12.4 Å². The van der Waals surface area contributed by atoms with Gasteiger partial charge in [-0.1, -0.05) is 18.2 Å². The van der Waals surface area contributed by atoms with E-state index in [4.69, 9.17) is 5.73 Å². The average molecular weight is 255 g/mol. The number of benzene rings is 1. The third kappa shape index (κ3) is 3.44. The lowest BCUT2D eigenvalue weighted by molar-refractivity contribution is 0.255. The van der Waals surface area contributed by atoms with Crippen molar-refractivity contribution in [1.82, 2.24) is 4.90 Å². The highest BCUT2D eigenvalue weighted by molar-refractivity contribution is 5.85. The standard InChI is InChI=1S/C14H22N2.ClH/c1-11(9-15)16(2)10-12-6-7-13-4-3-5-14(13)8-12;/h6-8,11H,3-5,9-10,15H2,1-2H3;1H. The second-order valence-corrected chi connectivity index (χ2v) is 4.96. The van der Waals surface area contributed by atoms with Crippen LogP contribution in [0, 0.1) is 0 Å². The summed E-state index contributed by atoms with van der Waals surface area (Å²) in [5.41, 5.74) is 10.2. The van der Waals surface area contributed by atoms with Crippen molar-refractivity contribution in [3.8, 4) is 0 Å². The highest BCUT2D eigenvalue weighted by Crippen LogP contribution is 2.23. The summed E-state index contributed by atoms with van der Waals surface area (Å²) in [6.45, 7) is 3.90. The molecule has 1 atom stereocenters. The van der Waals surface area contributed by atoms with Crippen LogP contribution in [-0.2, 0) is 19.4 Å². The van der Waals surface area contributed by atoms with Gasteiger partial charge in [0.2, 0.25) is 0 Å². The fourth-order valence-corrected chi connectivity index (χ4v) is 2.35. The quantitative estimate of drug-likeness (QED) is 0.894. The smallest absolute Gasteiger partial charge is 0.0234 e. The van der Waals surface area contributed by atoms with Crippen molar-refractivity contribution >= 4 is 12.4 Å². The lowest BCUT2D eigenvalue weighted by atomic mass is 10.1. The number of likely N-dealkylation sites (N-methyl/N-ethyl adjacent to an activating group) is 1. The second kappa shape index (κ2) is 6.39. The highest BCUT2D eigenvalue weighted by Gasteiger charge is 2.12. The van der Waals surface area contributed by atoms with Gasteiger partial charge in [0.15, 0.2) is 0 Å². The molecule has 96 valence electrons. The van der Waals surface area contributed by atoms with Crippen LogP contribution in [0.15, 0.2) is 18.2 Å². The van der Waals surface area contributed by atoms with Gasteiger partial charge in [0, 0.05) is 19.1 Å². The summed E-state index contributed by atoms with van der Waals surface area (Å²) in [4.78, 5) is 2.32. The maximum Gasteiger partial charge on any atom is 0.0234 e. The van der Waals surface area contributed by atoms with Crippen LogP contribution in [0.5, 0.6) is 0 Å². The minimum absolute atomic E-state index is 0. The van der Waals surface area contributed by atoms with Crippen LogP contribution in [0.3, 0.4) is 0 Å². The summed E-state index contributed by atoms with van der Waals surface area (Å²) >= 11 is 0. The minimum atomic E-state index is 0. The zero-order valence-corrected chi connectivity index (χ0v) is 11.6. The Morgan fingerprint density at radius 2 is 2.00 bits per heavy atom. The number of nitrogens with two attached hydrogens (primary N) is 1. The fraction of sp³-hybridized carbons (Fsp3) is 0.571. The predicted molar refractivity (Wildman–Crippen MR) is 75.7 cm³/mol. The Balaban J connectivity index is 0.00000144. The molecule has 3 heteroatoms. The van der Waals surface area contributed by atoms with Gasteiger partial charge >= 0.3 is 0 Å². The second-order valence-electron chi connectivity index (χ2n) is 4.96. The third-order valence-electron chi connectivity index (χ3n) is 3.69. The molecule has 17 heavy (non-hydrogen) atoms. The predicted octanol–water partition coefficient (Wildman–Crippen LogP) is 2.38. The average Bonchev–Trinajstić information content (AvgIpc) is 2.75. The molecule has 0 heterocycles. The Morgan fingerprint density at radius 3 is 2.71 bits per heavy atom. The van der Waals surface area contributed by atoms with Crippen molar-refractivity contribution in [2.75, 3.05) is 13.6 Å². The van der Waals surface area contributed by atoms with Crippen molar-refractivity contribution in [3.05, 3.63) is 34.9 Å². The van der Waals surface area contributed by atoms with Gasteiger partial charge in [0.05, 0.1) is 0 Å². The molecule has 1 aromatic carbocycles. The zero-order chi connectivity index (χ0) is 11.5. The molecule has 0 aliphatic heterocycles. The number of hydrogen-bond donors (Lipinski definition) is 1. The van der Waals surface area contributed by atoms with E-state index >= 15 is 0 Å². The zero-order valence-electron chi connectivity index (χ0n) is 10.8. The van der Waals surface area contributed by atoms with E-state index in [9.17, 15) is 0 Å². The normalized spacial score (nSPS) is 15.5. The summed E-state index contributed by atoms with van der Waals surface area (Å²) in [5, 5.41) is 0. The topological polar surface area (TPSA) is 29.3 Å². The molecule has 2 rings (SSSR count). The summed E-state index contributed by atoms with van der Waals surface area (Å²) < 4.78 is 0. The van der Waals surface area contributed by atoms with Gasteiger partial charge in [-0.3, -0.25) is 4.90 Å². The first-order valence-corrected chi connectivity index (χ1v) is 6.21. The van der Waals surface area contributed by atoms with E-state index in [0.717, 1.165) is 13.1 Å². The molecule has 0 spiro atoms. The first-order chi connectivity index (χ1) is 7.70. The first-order valence-electron chi connectivity index (χ1n) is 6.21. The van der Waals surface area contributed by atoms with Crippen LogP contribution in [0.4, 0.5) is 0 Å². The molecule has 1 aliphatic rings. The molecule has 1 unspecified atom stereocenters. The molecule has 0 fully saturated rings. The van der Waals surface area contributed by atoms with Crippen LogP contribution < -0.4 is 5.73 Å². The molecule has 2 nitrogen and oxygen atoms in total. The number of rotatable bonds is 4. The van der Waals surface area contributed by atoms with Gasteiger partial charge in [-0.15, -0.1) is 12.4 Å². The molecule has 1 aromatic rings. The van der Waals surface area contributed by atoms with E-state index in [1.54, 1.807) is 11.1 Å². The summed E-state index contributed by atoms with van der Waals surface area (Å²) in [5.74, 6) is 0. The van der Waals surface area contributed by atoms with Crippen molar-refractivity contribution in [2.24, 2.45) is 5.73 Å². The number of hydrogen-bond acceptors (Lipinski definition) is 2. The minimum Gasteiger partial charge on any atom is -0.329 e. The summed E-state index contributed by atoms with van der Waals surface area (Å²) in [7, 11) is 2.14. The van der Waals surface area contributed by atoms with E-state index in [2.05, 4.69) is 37.1 Å². The molecule has 0 saturated carbocycles. The third-order valence-corrected chi connectivity index (χ3v) is 3.69. The Hall–Kier alpha value is -0.570. The Bertz CT molecular complexity index is 365. The van der Waals surface area contributed by atoms with E-state index in [1.165, 1.54) is 24.8 Å². The van der Waals surface area contributed by atoms with Crippen molar-refractivity contribution in [3.63, 3.8) is 0 Å². The van der Waals surface area contributed by atoms with Gasteiger partial charge < -0.3 is 5.73 Å². The summed E-state index contributed by atoms with van der Waals surface area (Å²) in [6, 6.07) is 7.40. The number of fused-ring (bicyclic) bond motifs is 1. The highest BCUT2D eigenvalue weighted by atomic mass is 35.5. The monoisotopic (exact) mass is 254 g/mol. The largest absolute Gasteiger partial charge is 0.329 e. The first kappa shape index (κ1) is 14.5. The van der Waals surface area contributed by atoms with Crippen molar-refractivity contribution in [1.29, 1.82) is 0 Å². The van der Waals surface area contributed by atoms with E-state index < -0.39 is 0 Å². The Morgan fingerprint density at radius 1 is 1.29 bits per heavy atom. The van der Waals surface area contributed by atoms with E-state index in [1.807, 2.05) is 0 Å². The molecular weight excluding hydrogens is 232 g/mol. The molecule has 0 amide bonds. The van der Waals surface area contributed by atoms with Gasteiger partial charge in [0.1, 0.15) is 0 Å². The van der Waals surface area contributed by atoms with Crippen LogP contribution in [0.1, 0.15) is 30.0 Å². The fourth-order valence-electron chi connectivity index (χ4n) is 2.35.